The molecule has 0 fully saturated rings. The third-order valence-electron chi connectivity index (χ3n) is 2.71. The van der Waals surface area contributed by atoms with E-state index < -0.39 is 5.91 Å². The van der Waals surface area contributed by atoms with Crippen LogP contribution in [0.4, 0.5) is 17.1 Å². The zero-order valence-electron chi connectivity index (χ0n) is 10.4. The minimum absolute atomic E-state index is 0.367. The molecule has 0 aliphatic carbocycles. The summed E-state index contributed by atoms with van der Waals surface area (Å²) in [7, 11) is 0. The van der Waals surface area contributed by atoms with E-state index >= 15 is 0 Å². The number of nitriles is 1. The summed E-state index contributed by atoms with van der Waals surface area (Å²) < 4.78 is 0.723. The first-order valence-corrected chi connectivity index (χ1v) is 6.46. The van der Waals surface area contributed by atoms with Crippen molar-refractivity contribution >= 4 is 38.9 Å². The Balaban J connectivity index is 2.37. The third-order valence-corrected chi connectivity index (χ3v) is 3.36. The second-order valence-electron chi connectivity index (χ2n) is 4.10. The number of rotatable bonds is 3. The summed E-state index contributed by atoms with van der Waals surface area (Å²) in [6.45, 7) is 0. The first kappa shape index (κ1) is 13.9. The van der Waals surface area contributed by atoms with Crippen LogP contribution >= 0.6 is 15.9 Å². The van der Waals surface area contributed by atoms with Crippen molar-refractivity contribution in [3.63, 3.8) is 0 Å². The molecule has 1 amide bonds. The van der Waals surface area contributed by atoms with Crippen LogP contribution in [0, 0.1) is 11.3 Å². The predicted molar refractivity (Wildman–Crippen MR) is 81.5 cm³/mol. The van der Waals surface area contributed by atoms with E-state index in [1.165, 1.54) is 0 Å². The number of nitrogen functional groups attached to an aromatic ring is 1. The van der Waals surface area contributed by atoms with Crippen LogP contribution in [0.3, 0.4) is 0 Å². The Bertz CT molecular complexity index is 722. The van der Waals surface area contributed by atoms with Gasteiger partial charge in [0.25, 0.3) is 0 Å². The molecule has 0 aliphatic heterocycles. The van der Waals surface area contributed by atoms with Gasteiger partial charge in [-0.05, 0) is 52.3 Å². The molecule has 2 rings (SSSR count). The maximum Gasteiger partial charge on any atom is 0.248 e. The summed E-state index contributed by atoms with van der Waals surface area (Å²) in [5.41, 5.74) is 13.8. The lowest BCUT2D eigenvalue weighted by atomic mass is 10.1. The molecule has 0 aliphatic rings. The molecule has 0 atom stereocenters. The van der Waals surface area contributed by atoms with Crippen LogP contribution in [0.15, 0.2) is 40.9 Å². The Morgan fingerprint density at radius 2 is 1.95 bits per heavy atom. The molecule has 0 unspecified atom stereocenters. The summed E-state index contributed by atoms with van der Waals surface area (Å²) in [5, 5.41) is 11.9. The first-order chi connectivity index (χ1) is 9.51. The normalized spacial score (nSPS) is 9.80. The molecule has 0 aromatic heterocycles. The third kappa shape index (κ3) is 2.90. The maximum atomic E-state index is 11.2. The van der Waals surface area contributed by atoms with Gasteiger partial charge in [0, 0.05) is 10.0 Å². The van der Waals surface area contributed by atoms with Crippen molar-refractivity contribution in [2.45, 2.75) is 0 Å². The molecule has 2 aromatic rings. The van der Waals surface area contributed by atoms with Gasteiger partial charge >= 0.3 is 0 Å². The van der Waals surface area contributed by atoms with E-state index in [2.05, 4.69) is 27.3 Å². The Kier molecular flexibility index (Phi) is 3.91. The van der Waals surface area contributed by atoms with Crippen LogP contribution in [-0.4, -0.2) is 5.91 Å². The Morgan fingerprint density at radius 1 is 1.20 bits per heavy atom. The van der Waals surface area contributed by atoms with E-state index in [0.717, 1.165) is 10.2 Å². The lowest BCUT2D eigenvalue weighted by molar-refractivity contribution is 0.100. The SMILES string of the molecule is N#Cc1ccc(Nc2cc(C(N)=O)ccc2N)c(Br)c1. The van der Waals surface area contributed by atoms with Crippen LogP contribution in [0.2, 0.25) is 0 Å². The molecule has 5 nitrogen and oxygen atoms in total. The van der Waals surface area contributed by atoms with Gasteiger partial charge < -0.3 is 16.8 Å². The highest BCUT2D eigenvalue weighted by atomic mass is 79.9. The predicted octanol–water partition coefficient (Wildman–Crippen LogP) is 2.75. The Labute approximate surface area is 124 Å². The van der Waals surface area contributed by atoms with Crippen molar-refractivity contribution in [1.82, 2.24) is 0 Å². The van der Waals surface area contributed by atoms with Gasteiger partial charge in [-0.2, -0.15) is 5.26 Å². The van der Waals surface area contributed by atoms with Gasteiger partial charge in [-0.25, -0.2) is 0 Å². The molecule has 0 spiro atoms. The van der Waals surface area contributed by atoms with E-state index in [0.29, 0.717) is 22.5 Å². The molecule has 2 aromatic carbocycles. The Morgan fingerprint density at radius 3 is 2.55 bits per heavy atom. The van der Waals surface area contributed by atoms with Crippen LogP contribution in [0.25, 0.3) is 0 Å². The molecule has 5 N–H and O–H groups in total. The molecule has 6 heteroatoms. The fourth-order valence-electron chi connectivity index (χ4n) is 1.65. The molecule has 0 radical (unpaired) electrons. The number of nitrogens with two attached hydrogens (primary N) is 2. The number of halogens is 1. The van der Waals surface area contributed by atoms with E-state index in [9.17, 15) is 4.79 Å². The highest BCUT2D eigenvalue weighted by Crippen LogP contribution is 2.30. The molecule has 0 saturated heterocycles. The van der Waals surface area contributed by atoms with Gasteiger partial charge in [0.2, 0.25) is 5.91 Å². The number of carbonyl (C=O) groups excluding carboxylic acids is 1. The number of benzene rings is 2. The molecule has 20 heavy (non-hydrogen) atoms. The van der Waals surface area contributed by atoms with E-state index in [4.69, 9.17) is 16.7 Å². The quantitative estimate of drug-likeness (QED) is 0.752. The first-order valence-electron chi connectivity index (χ1n) is 5.67. The smallest absolute Gasteiger partial charge is 0.248 e. The van der Waals surface area contributed by atoms with E-state index in [1.54, 1.807) is 36.4 Å². The van der Waals surface area contributed by atoms with E-state index in [1.807, 2.05) is 0 Å². The van der Waals surface area contributed by atoms with Gasteiger partial charge in [-0.1, -0.05) is 0 Å². The monoisotopic (exact) mass is 330 g/mol. The number of nitrogens with one attached hydrogen (secondary N) is 1. The zero-order chi connectivity index (χ0) is 14.7. The number of amides is 1. The van der Waals surface area contributed by atoms with Gasteiger partial charge in [-0.15, -0.1) is 0 Å². The van der Waals surface area contributed by atoms with Crippen molar-refractivity contribution in [3.05, 3.63) is 52.0 Å². The largest absolute Gasteiger partial charge is 0.397 e. The number of primary amides is 1. The molecule has 0 heterocycles. The van der Waals surface area contributed by atoms with Crippen LogP contribution in [0.5, 0.6) is 0 Å². The van der Waals surface area contributed by atoms with E-state index in [-0.39, 0.29) is 0 Å². The summed E-state index contributed by atoms with van der Waals surface area (Å²) in [5.74, 6) is -0.521. The standard InChI is InChI=1S/C14H11BrN4O/c15-10-5-8(7-16)1-4-12(10)19-13-6-9(14(18)20)2-3-11(13)17/h1-6,19H,17H2,(H2,18,20). The lowest BCUT2D eigenvalue weighted by Crippen LogP contribution is -2.11. The van der Waals surface area contributed by atoms with Crippen LogP contribution in [0.1, 0.15) is 15.9 Å². The number of carbonyl (C=O) groups is 1. The topological polar surface area (TPSA) is 105 Å². The highest BCUT2D eigenvalue weighted by Gasteiger charge is 2.07. The summed E-state index contributed by atoms with van der Waals surface area (Å²) in [6, 6.07) is 11.9. The second kappa shape index (κ2) is 5.63. The van der Waals surface area contributed by atoms with Crippen LogP contribution < -0.4 is 16.8 Å². The van der Waals surface area contributed by atoms with Gasteiger partial charge in [0.1, 0.15) is 0 Å². The molecule has 0 saturated carbocycles. The number of nitrogens with zero attached hydrogens (tertiary/aromatic N) is 1. The van der Waals surface area contributed by atoms with Crippen molar-refractivity contribution in [1.29, 1.82) is 5.26 Å². The van der Waals surface area contributed by atoms with Gasteiger partial charge in [-0.3, -0.25) is 4.79 Å². The summed E-state index contributed by atoms with van der Waals surface area (Å²) >= 11 is 3.37. The molecular weight excluding hydrogens is 320 g/mol. The lowest BCUT2D eigenvalue weighted by Gasteiger charge is -2.12. The number of hydrogen-bond donors (Lipinski definition) is 3. The van der Waals surface area contributed by atoms with Crippen LogP contribution in [-0.2, 0) is 0 Å². The minimum Gasteiger partial charge on any atom is -0.397 e. The minimum atomic E-state index is -0.521. The molecule has 100 valence electrons. The second-order valence-corrected chi connectivity index (χ2v) is 4.95. The average molecular weight is 331 g/mol. The van der Waals surface area contributed by atoms with Crippen molar-refractivity contribution in [2.75, 3.05) is 11.1 Å². The summed E-state index contributed by atoms with van der Waals surface area (Å²) in [6.07, 6.45) is 0. The van der Waals surface area contributed by atoms with Gasteiger partial charge in [0.05, 0.1) is 28.7 Å². The number of hydrogen-bond acceptors (Lipinski definition) is 4. The highest BCUT2D eigenvalue weighted by molar-refractivity contribution is 9.10. The van der Waals surface area contributed by atoms with Crippen molar-refractivity contribution in [3.8, 4) is 6.07 Å². The average Bonchev–Trinajstić information content (AvgIpc) is 2.42. The van der Waals surface area contributed by atoms with Crippen molar-refractivity contribution in [2.24, 2.45) is 5.73 Å². The zero-order valence-corrected chi connectivity index (χ0v) is 11.9. The van der Waals surface area contributed by atoms with Gasteiger partial charge in [0.15, 0.2) is 0 Å². The molecule has 0 bridgehead atoms. The molecular formula is C14H11BrN4O. The fraction of sp³-hybridized carbons (Fsp3) is 0. The summed E-state index contributed by atoms with van der Waals surface area (Å²) in [4.78, 5) is 11.2. The number of anilines is 3. The maximum absolute atomic E-state index is 11.2. The fourth-order valence-corrected chi connectivity index (χ4v) is 2.13. The Hall–Kier alpha value is -2.52. The van der Waals surface area contributed by atoms with Crippen molar-refractivity contribution < 1.29 is 4.79 Å².